The van der Waals surface area contributed by atoms with Crippen molar-refractivity contribution in [3.8, 4) is 0 Å². The molecule has 6 heteroatoms. The number of halogens is 1. The van der Waals surface area contributed by atoms with E-state index in [0.717, 1.165) is 5.39 Å². The maximum absolute atomic E-state index is 12.6. The van der Waals surface area contributed by atoms with Crippen LogP contribution >= 0.6 is 11.6 Å². The standard InChI is InChI=1S/C16H12ClNO3S/c1-22(20,13-8-6-12(17)7-9-13)18-16(19)15-10-11-4-2-3-5-14(11)21-15/h2-10H,1H3/t22-/m1/s1. The van der Waals surface area contributed by atoms with Crippen LogP contribution < -0.4 is 0 Å². The lowest BCUT2D eigenvalue weighted by Crippen LogP contribution is -2.03. The summed E-state index contributed by atoms with van der Waals surface area (Å²) in [4.78, 5) is 12.7. The second-order valence-electron chi connectivity index (χ2n) is 4.80. The zero-order chi connectivity index (χ0) is 15.7. The lowest BCUT2D eigenvalue weighted by atomic mass is 10.2. The van der Waals surface area contributed by atoms with Crippen molar-refractivity contribution in [3.05, 3.63) is 65.4 Å². The second-order valence-corrected chi connectivity index (χ2v) is 7.50. The smallest absolute Gasteiger partial charge is 0.321 e. The number of rotatable bonds is 2. The first-order valence-electron chi connectivity index (χ1n) is 6.46. The molecule has 1 heterocycles. The van der Waals surface area contributed by atoms with Gasteiger partial charge in [0.1, 0.15) is 5.58 Å². The van der Waals surface area contributed by atoms with Crippen LogP contribution in [0.25, 0.3) is 11.0 Å². The molecule has 1 aromatic heterocycles. The summed E-state index contributed by atoms with van der Waals surface area (Å²) in [5.74, 6) is -0.566. The molecule has 3 rings (SSSR count). The molecule has 0 aliphatic carbocycles. The molecule has 3 aromatic rings. The van der Waals surface area contributed by atoms with Crippen LogP contribution in [0.4, 0.5) is 0 Å². The fraction of sp³-hybridized carbons (Fsp3) is 0.0625. The normalized spacial score (nSPS) is 13.7. The van der Waals surface area contributed by atoms with Crippen LogP contribution in [-0.2, 0) is 9.73 Å². The maximum Gasteiger partial charge on any atom is 0.321 e. The van der Waals surface area contributed by atoms with Gasteiger partial charge in [0.25, 0.3) is 0 Å². The minimum atomic E-state index is -2.86. The molecular formula is C16H12ClNO3S. The monoisotopic (exact) mass is 333 g/mol. The van der Waals surface area contributed by atoms with Gasteiger partial charge in [-0.3, -0.25) is 4.79 Å². The van der Waals surface area contributed by atoms with Crippen LogP contribution in [0.15, 0.2) is 68.3 Å². The first-order valence-corrected chi connectivity index (χ1v) is 8.76. The van der Waals surface area contributed by atoms with Crippen LogP contribution in [0.3, 0.4) is 0 Å². The Morgan fingerprint density at radius 3 is 2.50 bits per heavy atom. The van der Waals surface area contributed by atoms with E-state index in [-0.39, 0.29) is 5.76 Å². The number of benzene rings is 2. The Bertz CT molecular complexity index is 933. The summed E-state index contributed by atoms with van der Waals surface area (Å²) in [7, 11) is -2.86. The molecule has 1 atom stereocenters. The molecule has 0 saturated carbocycles. The summed E-state index contributed by atoms with van der Waals surface area (Å²) in [6.07, 6.45) is 1.41. The van der Waals surface area contributed by atoms with Crippen molar-refractivity contribution < 1.29 is 13.4 Å². The van der Waals surface area contributed by atoms with E-state index in [2.05, 4.69) is 4.36 Å². The highest BCUT2D eigenvalue weighted by Crippen LogP contribution is 2.21. The molecule has 0 aliphatic rings. The highest BCUT2D eigenvalue weighted by molar-refractivity contribution is 7.93. The molecule has 2 aromatic carbocycles. The molecular weight excluding hydrogens is 322 g/mol. The lowest BCUT2D eigenvalue weighted by Gasteiger charge is -2.03. The molecule has 0 bridgehead atoms. The number of carbonyl (C=O) groups is 1. The molecule has 0 fully saturated rings. The Morgan fingerprint density at radius 1 is 1.14 bits per heavy atom. The fourth-order valence-corrected chi connectivity index (χ4v) is 3.31. The van der Waals surface area contributed by atoms with Crippen molar-refractivity contribution in [2.24, 2.45) is 4.36 Å². The van der Waals surface area contributed by atoms with Crippen LogP contribution in [-0.4, -0.2) is 16.4 Å². The quantitative estimate of drug-likeness (QED) is 0.699. The van der Waals surface area contributed by atoms with E-state index in [4.69, 9.17) is 16.0 Å². The number of hydrogen-bond donors (Lipinski definition) is 0. The minimum absolute atomic E-state index is 0.0738. The molecule has 0 saturated heterocycles. The van der Waals surface area contributed by atoms with Gasteiger partial charge in [0, 0.05) is 21.6 Å². The predicted octanol–water partition coefficient (Wildman–Crippen LogP) is 4.38. The number of furan rings is 1. The van der Waals surface area contributed by atoms with Gasteiger partial charge < -0.3 is 4.42 Å². The van der Waals surface area contributed by atoms with E-state index >= 15 is 0 Å². The van der Waals surface area contributed by atoms with Crippen molar-refractivity contribution in [2.75, 3.05) is 6.26 Å². The van der Waals surface area contributed by atoms with Gasteiger partial charge in [0.05, 0.1) is 9.73 Å². The molecule has 0 unspecified atom stereocenters. The van der Waals surface area contributed by atoms with Crippen molar-refractivity contribution in [3.63, 3.8) is 0 Å². The topological polar surface area (TPSA) is 59.6 Å². The summed E-state index contributed by atoms with van der Waals surface area (Å²) in [5, 5.41) is 1.33. The van der Waals surface area contributed by atoms with E-state index in [1.54, 1.807) is 36.4 Å². The fourth-order valence-electron chi connectivity index (χ4n) is 2.03. The van der Waals surface area contributed by atoms with Crippen LogP contribution in [0.1, 0.15) is 10.6 Å². The van der Waals surface area contributed by atoms with Crippen molar-refractivity contribution in [1.82, 2.24) is 0 Å². The van der Waals surface area contributed by atoms with Crippen LogP contribution in [0.5, 0.6) is 0 Å². The highest BCUT2D eigenvalue weighted by atomic mass is 35.5. The third kappa shape index (κ3) is 2.91. The third-order valence-electron chi connectivity index (χ3n) is 3.14. The predicted molar refractivity (Wildman–Crippen MR) is 86.8 cm³/mol. The van der Waals surface area contributed by atoms with Gasteiger partial charge in [0.15, 0.2) is 5.76 Å². The Hall–Kier alpha value is -2.11. The Labute approximate surface area is 132 Å². The Balaban J connectivity index is 2.00. The Morgan fingerprint density at radius 2 is 1.82 bits per heavy atom. The van der Waals surface area contributed by atoms with Gasteiger partial charge in [-0.25, -0.2) is 4.21 Å². The molecule has 0 radical (unpaired) electrons. The zero-order valence-corrected chi connectivity index (χ0v) is 13.2. The number of amides is 1. The molecule has 112 valence electrons. The van der Waals surface area contributed by atoms with Crippen LogP contribution in [0, 0.1) is 0 Å². The van der Waals surface area contributed by atoms with Gasteiger partial charge in [-0.05, 0) is 36.4 Å². The van der Waals surface area contributed by atoms with E-state index in [0.29, 0.717) is 15.5 Å². The van der Waals surface area contributed by atoms with Crippen LogP contribution in [0.2, 0.25) is 5.02 Å². The summed E-state index contributed by atoms with van der Waals surface area (Å²) >= 11 is 5.80. The Kier molecular flexibility index (Phi) is 3.76. The van der Waals surface area contributed by atoms with E-state index in [1.807, 2.05) is 18.2 Å². The minimum Gasteiger partial charge on any atom is -0.451 e. The van der Waals surface area contributed by atoms with E-state index in [9.17, 15) is 9.00 Å². The summed E-state index contributed by atoms with van der Waals surface area (Å²) < 4.78 is 21.9. The first-order chi connectivity index (χ1) is 10.5. The summed E-state index contributed by atoms with van der Waals surface area (Å²) in [5.41, 5.74) is 0.593. The SMILES string of the molecule is C[S@](=O)(=NC(=O)c1cc2ccccc2o1)c1ccc(Cl)cc1. The number of fused-ring (bicyclic) bond motifs is 1. The van der Waals surface area contributed by atoms with Gasteiger partial charge in [0.2, 0.25) is 0 Å². The van der Waals surface area contributed by atoms with Crippen molar-refractivity contribution in [1.29, 1.82) is 0 Å². The summed E-state index contributed by atoms with van der Waals surface area (Å²) in [6.45, 7) is 0. The number of carbonyl (C=O) groups excluding carboxylic acids is 1. The highest BCUT2D eigenvalue weighted by Gasteiger charge is 2.15. The molecule has 0 aliphatic heterocycles. The maximum atomic E-state index is 12.6. The molecule has 22 heavy (non-hydrogen) atoms. The van der Waals surface area contributed by atoms with Gasteiger partial charge in [-0.1, -0.05) is 29.8 Å². The van der Waals surface area contributed by atoms with Gasteiger partial charge in [-0.15, -0.1) is 0 Å². The number of hydrogen-bond acceptors (Lipinski definition) is 3. The number of para-hydroxylation sites is 1. The molecule has 0 N–H and O–H groups in total. The summed E-state index contributed by atoms with van der Waals surface area (Å²) in [6, 6.07) is 15.3. The van der Waals surface area contributed by atoms with Gasteiger partial charge >= 0.3 is 5.91 Å². The van der Waals surface area contributed by atoms with Crippen molar-refractivity contribution in [2.45, 2.75) is 4.90 Å². The molecule has 4 nitrogen and oxygen atoms in total. The lowest BCUT2D eigenvalue weighted by molar-refractivity contribution is 0.0981. The van der Waals surface area contributed by atoms with E-state index < -0.39 is 15.6 Å². The van der Waals surface area contributed by atoms with Crippen molar-refractivity contribution >= 4 is 38.2 Å². The second kappa shape index (κ2) is 5.59. The largest absolute Gasteiger partial charge is 0.451 e. The average Bonchev–Trinajstić information content (AvgIpc) is 2.91. The molecule has 0 spiro atoms. The average molecular weight is 334 g/mol. The zero-order valence-electron chi connectivity index (χ0n) is 11.7. The molecule has 1 amide bonds. The third-order valence-corrected chi connectivity index (χ3v) is 5.06. The van der Waals surface area contributed by atoms with Gasteiger partial charge in [-0.2, -0.15) is 4.36 Å². The number of nitrogens with zero attached hydrogens (tertiary/aromatic N) is 1. The van der Waals surface area contributed by atoms with E-state index in [1.165, 1.54) is 6.26 Å². The first kappa shape index (κ1) is 14.8.